The molecule has 8 heteroatoms. The predicted octanol–water partition coefficient (Wildman–Crippen LogP) is 3.34. The number of ether oxygens (including phenoxy) is 1. The van der Waals surface area contributed by atoms with E-state index in [0.29, 0.717) is 22.3 Å². The van der Waals surface area contributed by atoms with Crippen LogP contribution in [0.5, 0.6) is 5.75 Å². The van der Waals surface area contributed by atoms with Crippen molar-refractivity contribution < 1.29 is 27.2 Å². The summed E-state index contributed by atoms with van der Waals surface area (Å²) in [5.41, 5.74) is 1.78. The van der Waals surface area contributed by atoms with E-state index in [1.807, 2.05) is 0 Å². The fraction of sp³-hybridized carbons (Fsp3) is 0.133. The van der Waals surface area contributed by atoms with Crippen molar-refractivity contribution in [1.82, 2.24) is 4.72 Å². The fourth-order valence-corrected chi connectivity index (χ4v) is 3.15. The third-order valence-corrected chi connectivity index (χ3v) is 4.32. The molecule has 1 heterocycles. The number of halogens is 1. The molecule has 3 rings (SSSR count). The lowest BCUT2D eigenvalue weighted by Gasteiger charge is -2.34. The lowest BCUT2D eigenvalue weighted by atomic mass is 10.00. The Morgan fingerprint density at radius 3 is 2.65 bits per heavy atom. The van der Waals surface area contributed by atoms with Crippen molar-refractivity contribution in [3.63, 3.8) is 0 Å². The van der Waals surface area contributed by atoms with Crippen LogP contribution >= 0.6 is 11.1 Å². The zero-order chi connectivity index (χ0) is 16.6. The highest BCUT2D eigenvalue weighted by Gasteiger charge is 2.29. The van der Waals surface area contributed by atoms with Gasteiger partial charge in [-0.2, -0.15) is 0 Å². The van der Waals surface area contributed by atoms with Crippen LogP contribution in [0.2, 0.25) is 0 Å². The number of benzene rings is 2. The standard InChI is InChI=1S/C15H14FNO5S/c1-21-15(18)10-4-2-9(3-5-10)13-7-12(16)6-11-8-17-23(19,20)22-14(11)13/h2-7,17,19-20H,8H2,1H3. The maximum atomic E-state index is 13.8. The Balaban J connectivity index is 2.06. The second kappa shape index (κ2) is 5.82. The third-order valence-electron chi connectivity index (χ3n) is 3.40. The molecule has 23 heavy (non-hydrogen) atoms. The number of nitrogens with one attached hydrogen (secondary N) is 1. The molecule has 0 saturated heterocycles. The number of hydrogen-bond donors (Lipinski definition) is 3. The molecule has 1 aliphatic heterocycles. The van der Waals surface area contributed by atoms with Crippen LogP contribution in [-0.4, -0.2) is 22.2 Å². The lowest BCUT2D eigenvalue weighted by molar-refractivity contribution is 0.0600. The van der Waals surface area contributed by atoms with Gasteiger partial charge < -0.3 is 8.92 Å². The van der Waals surface area contributed by atoms with Gasteiger partial charge in [0.15, 0.2) is 5.75 Å². The summed E-state index contributed by atoms with van der Waals surface area (Å²) in [6.07, 6.45) is 0. The number of fused-ring (bicyclic) bond motifs is 1. The normalized spacial score (nSPS) is 16.9. The van der Waals surface area contributed by atoms with Gasteiger partial charge in [-0.25, -0.2) is 13.9 Å². The first kappa shape index (κ1) is 15.8. The van der Waals surface area contributed by atoms with Crippen LogP contribution in [0.3, 0.4) is 0 Å². The maximum absolute atomic E-state index is 13.8. The average molecular weight is 339 g/mol. The van der Waals surface area contributed by atoms with E-state index in [1.54, 1.807) is 12.1 Å². The highest BCUT2D eigenvalue weighted by atomic mass is 32.3. The smallest absolute Gasteiger partial charge is 0.337 e. The molecule has 0 amide bonds. The number of hydrogen-bond acceptors (Lipinski definition) is 6. The van der Waals surface area contributed by atoms with Crippen molar-refractivity contribution in [2.45, 2.75) is 6.54 Å². The van der Waals surface area contributed by atoms with E-state index in [-0.39, 0.29) is 12.3 Å². The molecule has 0 bridgehead atoms. The average Bonchev–Trinajstić information content (AvgIpc) is 2.53. The predicted molar refractivity (Wildman–Crippen MR) is 83.5 cm³/mol. The minimum atomic E-state index is -3.41. The van der Waals surface area contributed by atoms with Crippen molar-refractivity contribution in [3.05, 3.63) is 53.3 Å². The summed E-state index contributed by atoms with van der Waals surface area (Å²) in [6.45, 7) is 0.0721. The largest absolute Gasteiger partial charge is 0.465 e. The molecule has 3 N–H and O–H groups in total. The van der Waals surface area contributed by atoms with Gasteiger partial charge in [0.2, 0.25) is 11.1 Å². The summed E-state index contributed by atoms with van der Waals surface area (Å²) < 4.78 is 45.3. The molecular formula is C15H14FNO5S. The quantitative estimate of drug-likeness (QED) is 0.727. The molecule has 0 unspecified atom stereocenters. The van der Waals surface area contributed by atoms with Crippen LogP contribution in [0.15, 0.2) is 36.4 Å². The second-order valence-corrected chi connectivity index (χ2v) is 6.36. The van der Waals surface area contributed by atoms with Gasteiger partial charge in [0.05, 0.1) is 12.7 Å². The Hall–Kier alpha value is -2.13. The minimum absolute atomic E-state index is 0.0721. The van der Waals surface area contributed by atoms with E-state index in [4.69, 9.17) is 4.18 Å². The minimum Gasteiger partial charge on any atom is -0.465 e. The third kappa shape index (κ3) is 3.15. The van der Waals surface area contributed by atoms with Crippen LogP contribution in [0, 0.1) is 5.82 Å². The van der Waals surface area contributed by atoms with Gasteiger partial charge in [0.1, 0.15) is 5.82 Å². The van der Waals surface area contributed by atoms with Crippen molar-refractivity contribution in [3.8, 4) is 16.9 Å². The Morgan fingerprint density at radius 1 is 1.30 bits per heavy atom. The lowest BCUT2D eigenvalue weighted by Crippen LogP contribution is -2.29. The summed E-state index contributed by atoms with van der Waals surface area (Å²) >= 11 is -3.41. The van der Waals surface area contributed by atoms with Gasteiger partial charge in [0.25, 0.3) is 0 Å². The summed E-state index contributed by atoms with van der Waals surface area (Å²) in [7, 11) is 1.28. The van der Waals surface area contributed by atoms with Gasteiger partial charge >= 0.3 is 5.97 Å². The molecule has 2 aromatic carbocycles. The number of rotatable bonds is 2. The molecule has 0 atom stereocenters. The van der Waals surface area contributed by atoms with Crippen molar-refractivity contribution in [1.29, 1.82) is 0 Å². The Bertz CT molecular complexity index is 763. The molecule has 0 fully saturated rings. The van der Waals surface area contributed by atoms with E-state index < -0.39 is 22.8 Å². The molecule has 2 aromatic rings. The first-order chi connectivity index (χ1) is 10.9. The first-order valence-corrected chi connectivity index (χ1v) is 8.10. The fourth-order valence-electron chi connectivity index (χ4n) is 2.32. The van der Waals surface area contributed by atoms with E-state index in [0.717, 1.165) is 0 Å². The number of methoxy groups -OCH3 is 1. The van der Waals surface area contributed by atoms with Gasteiger partial charge in [-0.3, -0.25) is 9.11 Å². The number of esters is 1. The topological polar surface area (TPSA) is 88.0 Å². The van der Waals surface area contributed by atoms with Gasteiger partial charge in [-0.15, -0.1) is 0 Å². The zero-order valence-corrected chi connectivity index (χ0v) is 12.9. The Kier molecular flexibility index (Phi) is 3.99. The molecule has 0 aliphatic carbocycles. The first-order valence-electron chi connectivity index (χ1n) is 6.63. The van der Waals surface area contributed by atoms with E-state index in [2.05, 4.69) is 9.46 Å². The maximum Gasteiger partial charge on any atom is 0.337 e. The van der Waals surface area contributed by atoms with Crippen LogP contribution in [0.4, 0.5) is 4.39 Å². The summed E-state index contributed by atoms with van der Waals surface area (Å²) in [5.74, 6) is -0.747. The highest BCUT2D eigenvalue weighted by molar-refractivity contribution is 8.18. The van der Waals surface area contributed by atoms with Gasteiger partial charge in [-0.1, -0.05) is 12.1 Å². The summed E-state index contributed by atoms with van der Waals surface area (Å²) in [6, 6.07) is 8.81. The number of carbonyl (C=O) groups excluding carboxylic acids is 1. The van der Waals surface area contributed by atoms with Gasteiger partial charge in [0, 0.05) is 17.7 Å². The van der Waals surface area contributed by atoms with E-state index in [1.165, 1.54) is 31.4 Å². The summed E-state index contributed by atoms with van der Waals surface area (Å²) in [5, 5.41) is 0. The SMILES string of the molecule is COC(=O)c1ccc(-c2cc(F)cc3c2OS(O)(O)NC3)cc1. The number of carbonyl (C=O) groups is 1. The molecule has 0 aromatic heterocycles. The zero-order valence-electron chi connectivity index (χ0n) is 12.1. The van der Waals surface area contributed by atoms with Crippen molar-refractivity contribution >= 4 is 17.0 Å². The second-order valence-electron chi connectivity index (χ2n) is 4.91. The monoisotopic (exact) mass is 339 g/mol. The molecule has 6 nitrogen and oxygen atoms in total. The van der Waals surface area contributed by atoms with Crippen LogP contribution in [0.1, 0.15) is 15.9 Å². The van der Waals surface area contributed by atoms with E-state index in [9.17, 15) is 18.3 Å². The van der Waals surface area contributed by atoms with Gasteiger partial charge in [-0.05, 0) is 29.8 Å². The van der Waals surface area contributed by atoms with Crippen molar-refractivity contribution in [2.75, 3.05) is 7.11 Å². The molecule has 0 saturated carbocycles. The molecule has 0 spiro atoms. The Labute approximate surface area is 133 Å². The highest BCUT2D eigenvalue weighted by Crippen LogP contribution is 2.47. The molecule has 122 valence electrons. The van der Waals surface area contributed by atoms with Crippen molar-refractivity contribution in [2.24, 2.45) is 0 Å². The van der Waals surface area contributed by atoms with E-state index >= 15 is 0 Å². The molecular weight excluding hydrogens is 325 g/mol. The molecule has 0 radical (unpaired) electrons. The van der Waals surface area contributed by atoms with Crippen LogP contribution < -0.4 is 8.91 Å². The molecule has 1 aliphatic rings. The van der Waals surface area contributed by atoms with Crippen LogP contribution in [-0.2, 0) is 11.3 Å². The Morgan fingerprint density at radius 2 is 2.00 bits per heavy atom. The summed E-state index contributed by atoms with van der Waals surface area (Å²) in [4.78, 5) is 11.5. The van der Waals surface area contributed by atoms with Crippen LogP contribution in [0.25, 0.3) is 11.1 Å².